The third kappa shape index (κ3) is 3.07. The maximum atomic E-state index is 11.9. The van der Waals surface area contributed by atoms with Crippen molar-refractivity contribution in [2.45, 2.75) is 39.3 Å². The van der Waals surface area contributed by atoms with E-state index >= 15 is 0 Å². The lowest BCUT2D eigenvalue weighted by molar-refractivity contribution is -0.122. The van der Waals surface area contributed by atoms with Gasteiger partial charge in [0.15, 0.2) is 0 Å². The summed E-state index contributed by atoms with van der Waals surface area (Å²) in [6.45, 7) is 7.28. The highest BCUT2D eigenvalue weighted by molar-refractivity contribution is 5.78. The SMILES string of the molecule is CCn1ncnc1[C@H](C)NC(=O)CN1CCCC1. The predicted molar refractivity (Wildman–Crippen MR) is 67.9 cm³/mol. The van der Waals surface area contributed by atoms with Crippen molar-refractivity contribution in [3.63, 3.8) is 0 Å². The quantitative estimate of drug-likeness (QED) is 0.831. The molecular formula is C12H21N5O. The third-order valence-electron chi connectivity index (χ3n) is 3.28. The topological polar surface area (TPSA) is 63.1 Å². The zero-order valence-electron chi connectivity index (χ0n) is 11.1. The van der Waals surface area contributed by atoms with Gasteiger partial charge in [0.05, 0.1) is 12.6 Å². The van der Waals surface area contributed by atoms with Gasteiger partial charge in [-0.05, 0) is 39.8 Å². The summed E-state index contributed by atoms with van der Waals surface area (Å²) < 4.78 is 1.81. The van der Waals surface area contributed by atoms with Crippen LogP contribution in [0.25, 0.3) is 0 Å². The van der Waals surface area contributed by atoms with Crippen molar-refractivity contribution in [3.8, 4) is 0 Å². The van der Waals surface area contributed by atoms with Crippen LogP contribution in [0.1, 0.15) is 38.6 Å². The molecule has 0 bridgehead atoms. The molecule has 0 saturated carbocycles. The zero-order chi connectivity index (χ0) is 13.0. The molecule has 6 heteroatoms. The van der Waals surface area contributed by atoms with Crippen LogP contribution in [0.4, 0.5) is 0 Å². The number of carbonyl (C=O) groups is 1. The van der Waals surface area contributed by atoms with E-state index in [1.807, 2.05) is 13.8 Å². The van der Waals surface area contributed by atoms with E-state index in [9.17, 15) is 4.79 Å². The van der Waals surface area contributed by atoms with E-state index < -0.39 is 0 Å². The Morgan fingerprint density at radius 3 is 2.89 bits per heavy atom. The van der Waals surface area contributed by atoms with Crippen LogP contribution in [0.15, 0.2) is 6.33 Å². The van der Waals surface area contributed by atoms with Gasteiger partial charge in [-0.15, -0.1) is 0 Å². The maximum Gasteiger partial charge on any atom is 0.234 e. The lowest BCUT2D eigenvalue weighted by Gasteiger charge is -2.17. The molecule has 1 amide bonds. The smallest absolute Gasteiger partial charge is 0.234 e. The van der Waals surface area contributed by atoms with Gasteiger partial charge in [0, 0.05) is 6.54 Å². The Hall–Kier alpha value is -1.43. The number of nitrogens with zero attached hydrogens (tertiary/aromatic N) is 4. The predicted octanol–water partition coefficient (Wildman–Crippen LogP) is 0.571. The van der Waals surface area contributed by atoms with E-state index in [-0.39, 0.29) is 11.9 Å². The summed E-state index contributed by atoms with van der Waals surface area (Å²) in [4.78, 5) is 18.3. The van der Waals surface area contributed by atoms with Gasteiger partial charge in [-0.2, -0.15) is 5.10 Å². The van der Waals surface area contributed by atoms with Gasteiger partial charge in [-0.25, -0.2) is 9.67 Å². The van der Waals surface area contributed by atoms with Gasteiger partial charge < -0.3 is 5.32 Å². The first kappa shape index (κ1) is 13.0. The summed E-state index contributed by atoms with van der Waals surface area (Å²) in [6.07, 6.45) is 3.93. The second kappa shape index (κ2) is 5.95. The van der Waals surface area contributed by atoms with Gasteiger partial charge in [0.2, 0.25) is 5.91 Å². The molecule has 100 valence electrons. The minimum absolute atomic E-state index is 0.0649. The lowest BCUT2D eigenvalue weighted by Crippen LogP contribution is -2.37. The van der Waals surface area contributed by atoms with Gasteiger partial charge in [0.25, 0.3) is 0 Å². The highest BCUT2D eigenvalue weighted by atomic mass is 16.2. The lowest BCUT2D eigenvalue weighted by atomic mass is 10.3. The molecule has 1 saturated heterocycles. The van der Waals surface area contributed by atoms with Crippen LogP contribution in [0.3, 0.4) is 0 Å². The van der Waals surface area contributed by atoms with Crippen LogP contribution < -0.4 is 5.32 Å². The average Bonchev–Trinajstić information content (AvgIpc) is 2.97. The summed E-state index contributed by atoms with van der Waals surface area (Å²) in [5.41, 5.74) is 0. The largest absolute Gasteiger partial charge is 0.345 e. The van der Waals surface area contributed by atoms with Crippen LogP contribution in [0.5, 0.6) is 0 Å². The Balaban J connectivity index is 1.86. The Kier molecular flexibility index (Phi) is 4.30. The molecule has 2 rings (SSSR count). The number of hydrogen-bond donors (Lipinski definition) is 1. The Labute approximate surface area is 107 Å². The second-order valence-electron chi connectivity index (χ2n) is 4.71. The summed E-state index contributed by atoms with van der Waals surface area (Å²) >= 11 is 0. The summed E-state index contributed by atoms with van der Waals surface area (Å²) in [5.74, 6) is 0.877. The van der Waals surface area contributed by atoms with Gasteiger partial charge in [-0.1, -0.05) is 0 Å². The molecule has 1 aliphatic rings. The summed E-state index contributed by atoms with van der Waals surface area (Å²) in [5, 5.41) is 7.09. The van der Waals surface area contributed by atoms with Gasteiger partial charge in [-0.3, -0.25) is 9.69 Å². The number of aryl methyl sites for hydroxylation is 1. The first-order valence-corrected chi connectivity index (χ1v) is 6.60. The molecule has 1 aromatic rings. The first-order chi connectivity index (χ1) is 8.70. The minimum Gasteiger partial charge on any atom is -0.345 e. The molecule has 2 heterocycles. The Bertz CT molecular complexity index is 397. The van der Waals surface area contributed by atoms with E-state index in [0.29, 0.717) is 6.54 Å². The maximum absolute atomic E-state index is 11.9. The fraction of sp³-hybridized carbons (Fsp3) is 0.750. The van der Waals surface area contributed by atoms with E-state index in [4.69, 9.17) is 0 Å². The van der Waals surface area contributed by atoms with Crippen molar-refractivity contribution in [1.29, 1.82) is 0 Å². The molecule has 1 aliphatic heterocycles. The van der Waals surface area contributed by atoms with Crippen LogP contribution in [-0.2, 0) is 11.3 Å². The molecule has 6 nitrogen and oxygen atoms in total. The van der Waals surface area contributed by atoms with Crippen molar-refractivity contribution in [2.24, 2.45) is 0 Å². The van der Waals surface area contributed by atoms with Crippen molar-refractivity contribution >= 4 is 5.91 Å². The van der Waals surface area contributed by atoms with Gasteiger partial charge >= 0.3 is 0 Å². The zero-order valence-corrected chi connectivity index (χ0v) is 11.1. The summed E-state index contributed by atoms with van der Waals surface area (Å²) in [7, 11) is 0. The van der Waals surface area contributed by atoms with E-state index in [1.165, 1.54) is 19.2 Å². The molecule has 1 fully saturated rings. The molecular weight excluding hydrogens is 230 g/mol. The van der Waals surface area contributed by atoms with E-state index in [1.54, 1.807) is 4.68 Å². The molecule has 1 N–H and O–H groups in total. The van der Waals surface area contributed by atoms with Crippen LogP contribution in [0, 0.1) is 0 Å². The normalized spacial score (nSPS) is 17.9. The molecule has 18 heavy (non-hydrogen) atoms. The number of carbonyl (C=O) groups excluding carboxylic acids is 1. The monoisotopic (exact) mass is 251 g/mol. The number of nitrogens with one attached hydrogen (secondary N) is 1. The Morgan fingerprint density at radius 2 is 2.22 bits per heavy atom. The number of likely N-dealkylation sites (tertiary alicyclic amines) is 1. The highest BCUT2D eigenvalue weighted by Gasteiger charge is 2.18. The minimum atomic E-state index is -0.0949. The molecule has 1 atom stereocenters. The third-order valence-corrected chi connectivity index (χ3v) is 3.28. The number of aromatic nitrogens is 3. The second-order valence-corrected chi connectivity index (χ2v) is 4.71. The molecule has 1 aromatic heterocycles. The van der Waals surface area contributed by atoms with Gasteiger partial charge in [0.1, 0.15) is 12.2 Å². The van der Waals surface area contributed by atoms with Crippen LogP contribution in [0.2, 0.25) is 0 Å². The molecule has 0 aromatic carbocycles. The Morgan fingerprint density at radius 1 is 1.50 bits per heavy atom. The number of hydrogen-bond acceptors (Lipinski definition) is 4. The molecule has 0 unspecified atom stereocenters. The fourth-order valence-corrected chi connectivity index (χ4v) is 2.35. The first-order valence-electron chi connectivity index (χ1n) is 6.60. The van der Waals surface area contributed by atoms with Crippen molar-refractivity contribution < 1.29 is 4.79 Å². The number of rotatable bonds is 5. The molecule has 0 radical (unpaired) electrons. The fourth-order valence-electron chi connectivity index (χ4n) is 2.35. The van der Waals surface area contributed by atoms with Crippen molar-refractivity contribution in [2.75, 3.05) is 19.6 Å². The van der Waals surface area contributed by atoms with Crippen LogP contribution in [-0.4, -0.2) is 45.2 Å². The molecule has 0 aliphatic carbocycles. The van der Waals surface area contributed by atoms with Crippen LogP contribution >= 0.6 is 0 Å². The number of amides is 1. The van der Waals surface area contributed by atoms with E-state index in [0.717, 1.165) is 25.5 Å². The van der Waals surface area contributed by atoms with Crippen molar-refractivity contribution in [3.05, 3.63) is 12.2 Å². The van der Waals surface area contributed by atoms with E-state index in [2.05, 4.69) is 20.3 Å². The average molecular weight is 251 g/mol. The van der Waals surface area contributed by atoms with Crippen molar-refractivity contribution in [1.82, 2.24) is 25.0 Å². The standard InChI is InChI=1S/C12H21N5O/c1-3-17-12(13-9-14-17)10(2)15-11(18)8-16-6-4-5-7-16/h9-10H,3-8H2,1-2H3,(H,15,18)/t10-/m0/s1. The summed E-state index contributed by atoms with van der Waals surface area (Å²) in [6, 6.07) is -0.0949. The highest BCUT2D eigenvalue weighted by Crippen LogP contribution is 2.09. The molecule has 0 spiro atoms.